The van der Waals surface area contributed by atoms with Crippen molar-refractivity contribution < 1.29 is 14.4 Å². The van der Waals surface area contributed by atoms with Gasteiger partial charge in [0.05, 0.1) is 0 Å². The van der Waals surface area contributed by atoms with Crippen molar-refractivity contribution >= 4 is 23.4 Å². The Balaban J connectivity index is 2.56. The van der Waals surface area contributed by atoms with Gasteiger partial charge in [-0.15, -0.1) is 0 Å². The normalized spacial score (nSPS) is 9.95. The summed E-state index contributed by atoms with van der Waals surface area (Å²) < 4.78 is 0. The number of amides is 3. The smallest absolute Gasteiger partial charge is 0.253 e. The van der Waals surface area contributed by atoms with Gasteiger partial charge in [0.15, 0.2) is 0 Å². The van der Waals surface area contributed by atoms with Gasteiger partial charge >= 0.3 is 0 Å². The summed E-state index contributed by atoms with van der Waals surface area (Å²) in [5.41, 5.74) is 1.23. The summed E-state index contributed by atoms with van der Waals surface area (Å²) in [5, 5.41) is 5.29. The van der Waals surface area contributed by atoms with Gasteiger partial charge in [0.2, 0.25) is 11.8 Å². The second-order valence-corrected chi connectivity index (χ2v) is 4.84. The molecule has 0 saturated heterocycles. The molecule has 1 aromatic carbocycles. The van der Waals surface area contributed by atoms with E-state index in [1.807, 2.05) is 13.8 Å². The summed E-state index contributed by atoms with van der Waals surface area (Å²) in [5.74, 6) is -0.364. The zero-order valence-electron chi connectivity index (χ0n) is 13.3. The number of hydrogen-bond acceptors (Lipinski definition) is 3. The van der Waals surface area contributed by atoms with Crippen LogP contribution in [0.25, 0.3) is 0 Å². The molecule has 0 aliphatic heterocycles. The molecule has 1 aromatic rings. The molecule has 0 radical (unpaired) electrons. The summed E-state index contributed by atoms with van der Waals surface area (Å²) in [6.45, 7) is 6.91. The van der Waals surface area contributed by atoms with Gasteiger partial charge in [-0.05, 0) is 38.1 Å². The molecule has 0 atom stereocenters. The zero-order chi connectivity index (χ0) is 16.5. The van der Waals surface area contributed by atoms with E-state index in [0.29, 0.717) is 30.9 Å². The average molecular weight is 305 g/mol. The van der Waals surface area contributed by atoms with Crippen molar-refractivity contribution in [3.63, 3.8) is 0 Å². The summed E-state index contributed by atoms with van der Waals surface area (Å²) in [6.07, 6.45) is 0.208. The van der Waals surface area contributed by atoms with Crippen LogP contribution in [-0.2, 0) is 9.59 Å². The van der Waals surface area contributed by atoms with Crippen LogP contribution in [0.1, 0.15) is 37.6 Å². The largest absolute Gasteiger partial charge is 0.356 e. The van der Waals surface area contributed by atoms with Gasteiger partial charge in [-0.25, -0.2) is 0 Å². The lowest BCUT2D eigenvalue weighted by atomic mass is 10.1. The predicted molar refractivity (Wildman–Crippen MR) is 85.6 cm³/mol. The lowest BCUT2D eigenvalue weighted by Crippen LogP contribution is -2.30. The van der Waals surface area contributed by atoms with Crippen molar-refractivity contribution in [2.75, 3.05) is 25.0 Å². The highest BCUT2D eigenvalue weighted by atomic mass is 16.2. The van der Waals surface area contributed by atoms with Crippen LogP contribution in [0, 0.1) is 0 Å². The third-order valence-corrected chi connectivity index (χ3v) is 3.19. The first kappa shape index (κ1) is 17.7. The SMILES string of the molecule is CCN(CC)C(=O)c1ccc(NC(=O)CCNC(C)=O)cc1. The van der Waals surface area contributed by atoms with E-state index in [-0.39, 0.29) is 24.1 Å². The van der Waals surface area contributed by atoms with E-state index in [0.717, 1.165) is 0 Å². The van der Waals surface area contributed by atoms with Gasteiger partial charge in [-0.3, -0.25) is 14.4 Å². The quantitative estimate of drug-likeness (QED) is 0.803. The number of rotatable bonds is 7. The zero-order valence-corrected chi connectivity index (χ0v) is 13.3. The molecule has 6 heteroatoms. The Hall–Kier alpha value is -2.37. The molecule has 0 heterocycles. The third-order valence-electron chi connectivity index (χ3n) is 3.19. The molecule has 0 aliphatic carbocycles. The Morgan fingerprint density at radius 2 is 1.64 bits per heavy atom. The first-order valence-electron chi connectivity index (χ1n) is 7.41. The number of carbonyl (C=O) groups is 3. The van der Waals surface area contributed by atoms with Gasteiger partial charge in [0.25, 0.3) is 5.91 Å². The van der Waals surface area contributed by atoms with Crippen molar-refractivity contribution in [3.05, 3.63) is 29.8 Å². The van der Waals surface area contributed by atoms with Crippen LogP contribution in [0.5, 0.6) is 0 Å². The second-order valence-electron chi connectivity index (χ2n) is 4.84. The molecular weight excluding hydrogens is 282 g/mol. The molecule has 0 aliphatic rings. The summed E-state index contributed by atoms with van der Waals surface area (Å²) >= 11 is 0. The first-order valence-corrected chi connectivity index (χ1v) is 7.41. The maximum absolute atomic E-state index is 12.1. The minimum Gasteiger partial charge on any atom is -0.356 e. The van der Waals surface area contributed by atoms with Crippen LogP contribution >= 0.6 is 0 Å². The van der Waals surface area contributed by atoms with E-state index in [1.165, 1.54) is 6.92 Å². The number of nitrogens with one attached hydrogen (secondary N) is 2. The monoisotopic (exact) mass is 305 g/mol. The topological polar surface area (TPSA) is 78.5 Å². The first-order chi connectivity index (χ1) is 10.5. The van der Waals surface area contributed by atoms with E-state index < -0.39 is 0 Å². The Morgan fingerprint density at radius 3 is 2.14 bits per heavy atom. The molecule has 0 unspecified atom stereocenters. The number of nitrogens with zero attached hydrogens (tertiary/aromatic N) is 1. The Morgan fingerprint density at radius 1 is 1.05 bits per heavy atom. The second kappa shape index (κ2) is 8.81. The van der Waals surface area contributed by atoms with Crippen molar-refractivity contribution in [3.8, 4) is 0 Å². The molecule has 120 valence electrons. The van der Waals surface area contributed by atoms with Crippen LogP contribution in [0.2, 0.25) is 0 Å². The fourth-order valence-corrected chi connectivity index (χ4v) is 1.97. The Labute approximate surface area is 130 Å². The summed E-state index contributed by atoms with van der Waals surface area (Å²) in [6, 6.07) is 6.80. The fraction of sp³-hybridized carbons (Fsp3) is 0.438. The summed E-state index contributed by atoms with van der Waals surface area (Å²) in [4.78, 5) is 36.3. The molecule has 0 saturated carbocycles. The number of benzene rings is 1. The molecule has 0 spiro atoms. The fourth-order valence-electron chi connectivity index (χ4n) is 1.97. The summed E-state index contributed by atoms with van der Waals surface area (Å²) in [7, 11) is 0. The highest BCUT2D eigenvalue weighted by molar-refractivity contribution is 5.95. The third kappa shape index (κ3) is 5.55. The van der Waals surface area contributed by atoms with Crippen LogP contribution in [-0.4, -0.2) is 42.3 Å². The van der Waals surface area contributed by atoms with Gasteiger partial charge in [-0.1, -0.05) is 0 Å². The van der Waals surface area contributed by atoms with Crippen molar-refractivity contribution in [2.24, 2.45) is 0 Å². The predicted octanol–water partition coefficient (Wildman–Crippen LogP) is 1.63. The van der Waals surface area contributed by atoms with Gasteiger partial charge in [-0.2, -0.15) is 0 Å². The highest BCUT2D eigenvalue weighted by Crippen LogP contribution is 2.12. The minimum atomic E-state index is -0.184. The molecule has 0 aromatic heterocycles. The Kier molecular flexibility index (Phi) is 7.08. The highest BCUT2D eigenvalue weighted by Gasteiger charge is 2.12. The maximum atomic E-state index is 12.1. The van der Waals surface area contributed by atoms with Crippen LogP contribution < -0.4 is 10.6 Å². The van der Waals surface area contributed by atoms with Crippen molar-refractivity contribution in [2.45, 2.75) is 27.2 Å². The van der Waals surface area contributed by atoms with Crippen LogP contribution in [0.3, 0.4) is 0 Å². The molecule has 2 N–H and O–H groups in total. The Bertz CT molecular complexity index is 522. The van der Waals surface area contributed by atoms with Crippen molar-refractivity contribution in [1.82, 2.24) is 10.2 Å². The molecule has 3 amide bonds. The molecule has 6 nitrogen and oxygen atoms in total. The van der Waals surface area contributed by atoms with Gasteiger partial charge < -0.3 is 15.5 Å². The molecule has 1 rings (SSSR count). The molecule has 22 heavy (non-hydrogen) atoms. The van der Waals surface area contributed by atoms with E-state index in [9.17, 15) is 14.4 Å². The van der Waals surface area contributed by atoms with Gasteiger partial charge in [0.1, 0.15) is 0 Å². The van der Waals surface area contributed by atoms with Crippen LogP contribution in [0.4, 0.5) is 5.69 Å². The number of anilines is 1. The lowest BCUT2D eigenvalue weighted by Gasteiger charge is -2.18. The van der Waals surface area contributed by atoms with E-state index in [2.05, 4.69) is 10.6 Å². The van der Waals surface area contributed by atoms with Crippen molar-refractivity contribution in [1.29, 1.82) is 0 Å². The minimum absolute atomic E-state index is 0.0199. The number of carbonyl (C=O) groups excluding carboxylic acids is 3. The lowest BCUT2D eigenvalue weighted by molar-refractivity contribution is -0.119. The molecule has 0 bridgehead atoms. The molecule has 0 fully saturated rings. The van der Waals surface area contributed by atoms with Gasteiger partial charge in [0, 0.05) is 44.2 Å². The average Bonchev–Trinajstić information content (AvgIpc) is 2.48. The maximum Gasteiger partial charge on any atom is 0.253 e. The number of hydrogen-bond donors (Lipinski definition) is 2. The standard InChI is InChI=1S/C16H23N3O3/c1-4-19(5-2)16(22)13-6-8-14(9-7-13)18-15(21)10-11-17-12(3)20/h6-9H,4-5,10-11H2,1-3H3,(H,17,20)(H,18,21). The van der Waals surface area contributed by atoms with E-state index >= 15 is 0 Å². The molecular formula is C16H23N3O3. The van der Waals surface area contributed by atoms with E-state index in [4.69, 9.17) is 0 Å². The van der Waals surface area contributed by atoms with Crippen LogP contribution in [0.15, 0.2) is 24.3 Å². The van der Waals surface area contributed by atoms with E-state index in [1.54, 1.807) is 29.2 Å².